The quantitative estimate of drug-likeness (QED) is 0.826. The van der Waals surface area contributed by atoms with Gasteiger partial charge in [-0.15, -0.1) is 0 Å². The van der Waals surface area contributed by atoms with Crippen molar-refractivity contribution in [2.24, 2.45) is 17.1 Å². The first-order chi connectivity index (χ1) is 8.03. The fourth-order valence-corrected chi connectivity index (χ4v) is 2.12. The first-order valence-electron chi connectivity index (χ1n) is 5.44. The molecular weight excluding hydrogens is 223 g/mol. The molecule has 0 aromatic heterocycles. The van der Waals surface area contributed by atoms with E-state index >= 15 is 0 Å². The zero-order chi connectivity index (χ0) is 12.2. The van der Waals surface area contributed by atoms with Gasteiger partial charge in [0.05, 0.1) is 11.0 Å². The molecule has 0 aliphatic heterocycles. The van der Waals surface area contributed by atoms with E-state index < -0.39 is 11.7 Å². The molecule has 2 aliphatic rings. The Morgan fingerprint density at radius 3 is 2.59 bits per heavy atom. The number of carbonyl (C=O) groups is 2. The van der Waals surface area contributed by atoms with Crippen molar-refractivity contribution >= 4 is 17.5 Å². The Kier molecular flexibility index (Phi) is 1.85. The van der Waals surface area contributed by atoms with Crippen molar-refractivity contribution < 1.29 is 14.0 Å². The van der Waals surface area contributed by atoms with Crippen molar-refractivity contribution in [3.63, 3.8) is 0 Å². The summed E-state index contributed by atoms with van der Waals surface area (Å²) in [5.41, 5.74) is 5.09. The van der Waals surface area contributed by atoms with Gasteiger partial charge in [-0.3, -0.25) is 9.59 Å². The summed E-state index contributed by atoms with van der Waals surface area (Å²) >= 11 is 0. The number of primary amides is 1. The van der Waals surface area contributed by atoms with Gasteiger partial charge in [-0.1, -0.05) is 0 Å². The smallest absolute Gasteiger partial charge is 0.251 e. The van der Waals surface area contributed by atoms with Gasteiger partial charge in [0, 0.05) is 5.69 Å². The zero-order valence-electron chi connectivity index (χ0n) is 9.00. The van der Waals surface area contributed by atoms with Gasteiger partial charge in [0.25, 0.3) is 5.91 Å². The van der Waals surface area contributed by atoms with Crippen LogP contribution in [0.2, 0.25) is 0 Å². The number of rotatable bonds is 3. The van der Waals surface area contributed by atoms with Gasteiger partial charge < -0.3 is 11.1 Å². The van der Waals surface area contributed by atoms with Gasteiger partial charge in [-0.05, 0) is 37.0 Å². The molecule has 0 radical (unpaired) electrons. The van der Waals surface area contributed by atoms with Gasteiger partial charge >= 0.3 is 0 Å². The molecule has 2 amide bonds. The number of hydrogen-bond donors (Lipinski definition) is 2. The van der Waals surface area contributed by atoms with Gasteiger partial charge in [0.15, 0.2) is 0 Å². The van der Waals surface area contributed by atoms with Crippen molar-refractivity contribution in [2.45, 2.75) is 12.8 Å². The second-order valence-corrected chi connectivity index (χ2v) is 4.77. The second-order valence-electron chi connectivity index (χ2n) is 4.77. The maximum atomic E-state index is 13.2. The third-order valence-electron chi connectivity index (χ3n) is 3.62. The molecule has 4 nitrogen and oxygen atoms in total. The van der Waals surface area contributed by atoms with Crippen LogP contribution in [0.5, 0.6) is 0 Å². The molecular formula is C12H11FN2O2. The number of nitrogens with two attached hydrogens (primary N) is 1. The largest absolute Gasteiger partial charge is 0.366 e. The van der Waals surface area contributed by atoms with Crippen LogP contribution in [-0.4, -0.2) is 11.8 Å². The van der Waals surface area contributed by atoms with Gasteiger partial charge in [0.1, 0.15) is 5.82 Å². The van der Waals surface area contributed by atoms with Gasteiger partial charge in [-0.25, -0.2) is 4.39 Å². The molecule has 17 heavy (non-hydrogen) atoms. The molecule has 1 aromatic carbocycles. The maximum Gasteiger partial charge on any atom is 0.251 e. The molecule has 0 bridgehead atoms. The van der Waals surface area contributed by atoms with E-state index in [4.69, 9.17) is 5.73 Å². The Bertz CT molecular complexity index is 535. The molecule has 0 heterocycles. The molecule has 0 unspecified atom stereocenters. The fourth-order valence-electron chi connectivity index (χ4n) is 2.12. The lowest BCUT2D eigenvalue weighted by Gasteiger charge is -2.08. The average molecular weight is 234 g/mol. The van der Waals surface area contributed by atoms with Gasteiger partial charge in [-0.2, -0.15) is 0 Å². The van der Waals surface area contributed by atoms with Crippen molar-refractivity contribution in [1.82, 2.24) is 0 Å². The molecule has 1 aromatic rings. The minimum Gasteiger partial charge on any atom is -0.366 e. The highest BCUT2D eigenvalue weighted by Gasteiger charge is 2.74. The lowest BCUT2D eigenvalue weighted by Crippen LogP contribution is -2.19. The summed E-state index contributed by atoms with van der Waals surface area (Å²) in [5.74, 6) is -1.01. The Hall–Kier alpha value is -1.91. The van der Waals surface area contributed by atoms with Crippen molar-refractivity contribution in [1.29, 1.82) is 0 Å². The van der Waals surface area contributed by atoms with Crippen LogP contribution in [0.1, 0.15) is 23.2 Å². The normalized spacial score (nSPS) is 28.2. The van der Waals surface area contributed by atoms with Crippen molar-refractivity contribution in [2.75, 3.05) is 5.32 Å². The van der Waals surface area contributed by atoms with E-state index in [1.54, 1.807) is 0 Å². The van der Waals surface area contributed by atoms with Crippen molar-refractivity contribution in [3.05, 3.63) is 29.6 Å². The Labute approximate surface area is 97.0 Å². The Balaban J connectivity index is 1.81. The monoisotopic (exact) mass is 234 g/mol. The predicted octanol–water partition coefficient (Wildman–Crippen LogP) is 1.27. The molecule has 3 N–H and O–H groups in total. The molecule has 0 spiro atoms. The zero-order valence-corrected chi connectivity index (χ0v) is 9.00. The summed E-state index contributed by atoms with van der Waals surface area (Å²) in [6.45, 7) is 0. The molecule has 2 saturated carbocycles. The van der Waals surface area contributed by atoms with E-state index in [0.717, 1.165) is 18.9 Å². The maximum absolute atomic E-state index is 13.2. The van der Waals surface area contributed by atoms with Crippen LogP contribution in [0.4, 0.5) is 10.1 Å². The van der Waals surface area contributed by atoms with Crippen molar-refractivity contribution in [3.8, 4) is 0 Å². The first kappa shape index (κ1) is 10.3. The SMILES string of the molecule is NC(=O)c1cc(NC(=O)C23CC2C3)ccc1F. The highest BCUT2D eigenvalue weighted by atomic mass is 19.1. The third-order valence-corrected chi connectivity index (χ3v) is 3.62. The summed E-state index contributed by atoms with van der Waals surface area (Å²) < 4.78 is 13.2. The van der Waals surface area contributed by atoms with Crippen LogP contribution in [0, 0.1) is 17.2 Å². The molecule has 2 fully saturated rings. The molecule has 0 atom stereocenters. The molecule has 5 heteroatoms. The van der Waals surface area contributed by atoms with Crippen LogP contribution >= 0.6 is 0 Å². The Morgan fingerprint density at radius 2 is 2.06 bits per heavy atom. The summed E-state index contributed by atoms with van der Waals surface area (Å²) in [6, 6.07) is 3.83. The van der Waals surface area contributed by atoms with Crippen LogP contribution in [0.15, 0.2) is 18.2 Å². The number of amides is 2. The predicted molar refractivity (Wildman–Crippen MR) is 58.7 cm³/mol. The second kappa shape index (κ2) is 3.06. The number of halogens is 1. The number of hydrogen-bond acceptors (Lipinski definition) is 2. The third kappa shape index (κ3) is 1.50. The first-order valence-corrected chi connectivity index (χ1v) is 5.44. The fraction of sp³-hybridized carbons (Fsp3) is 0.333. The highest BCUT2D eigenvalue weighted by molar-refractivity contribution is 6.01. The minimum atomic E-state index is -0.840. The number of nitrogens with one attached hydrogen (secondary N) is 1. The van der Waals surface area contributed by atoms with E-state index in [0.29, 0.717) is 11.6 Å². The molecule has 2 aliphatic carbocycles. The lowest BCUT2D eigenvalue weighted by molar-refractivity contribution is -0.119. The number of fused-ring (bicyclic) bond motifs is 1. The molecule has 88 valence electrons. The minimum absolute atomic E-state index is 0.0375. The van der Waals surface area contributed by atoms with Crippen LogP contribution < -0.4 is 11.1 Å². The number of anilines is 1. The highest BCUT2D eigenvalue weighted by Crippen LogP contribution is 2.75. The lowest BCUT2D eigenvalue weighted by atomic mass is 10.1. The molecule has 3 rings (SSSR count). The van der Waals surface area contributed by atoms with Gasteiger partial charge in [0.2, 0.25) is 5.91 Å². The van der Waals surface area contributed by atoms with E-state index in [-0.39, 0.29) is 16.9 Å². The topological polar surface area (TPSA) is 72.2 Å². The van der Waals surface area contributed by atoms with E-state index in [2.05, 4.69) is 5.32 Å². The van der Waals surface area contributed by atoms with E-state index in [1.807, 2.05) is 0 Å². The van der Waals surface area contributed by atoms with E-state index in [9.17, 15) is 14.0 Å². The number of carbonyl (C=O) groups excluding carboxylic acids is 2. The number of benzene rings is 1. The standard InChI is InChI=1S/C12H11FN2O2/c13-9-2-1-7(3-8(9)10(14)16)15-11(17)12-4-6(12)5-12/h1-3,6H,4-5H2,(H2,14,16)(H,15,17). The summed E-state index contributed by atoms with van der Waals surface area (Å²) in [6.07, 6.45) is 1.89. The summed E-state index contributed by atoms with van der Waals surface area (Å²) in [5, 5.41) is 2.70. The Morgan fingerprint density at radius 1 is 1.41 bits per heavy atom. The van der Waals surface area contributed by atoms with Crippen LogP contribution in [0.25, 0.3) is 0 Å². The molecule has 0 saturated heterocycles. The average Bonchev–Trinajstić information content (AvgIpc) is 3.08. The van der Waals surface area contributed by atoms with Crippen LogP contribution in [-0.2, 0) is 4.79 Å². The van der Waals surface area contributed by atoms with Crippen LogP contribution in [0.3, 0.4) is 0 Å². The summed E-state index contributed by atoms with van der Waals surface area (Å²) in [7, 11) is 0. The summed E-state index contributed by atoms with van der Waals surface area (Å²) in [4.78, 5) is 22.7. The van der Waals surface area contributed by atoms with E-state index in [1.165, 1.54) is 12.1 Å².